The zero-order chi connectivity index (χ0) is 14.1. The van der Waals surface area contributed by atoms with E-state index < -0.39 is 0 Å². The number of fused-ring (bicyclic) bond motifs is 1. The van der Waals surface area contributed by atoms with E-state index in [4.69, 9.17) is 5.73 Å². The molecular formula is C16H16FN3. The molecule has 3 rings (SSSR count). The van der Waals surface area contributed by atoms with Crippen LogP contribution in [0.2, 0.25) is 0 Å². The van der Waals surface area contributed by atoms with Gasteiger partial charge in [-0.15, -0.1) is 0 Å². The van der Waals surface area contributed by atoms with Crippen molar-refractivity contribution in [3.05, 3.63) is 65.2 Å². The molecule has 102 valence electrons. The highest BCUT2D eigenvalue weighted by molar-refractivity contribution is 5.76. The zero-order valence-corrected chi connectivity index (χ0v) is 11.3. The number of hydrogen-bond acceptors (Lipinski definition) is 2. The maximum absolute atomic E-state index is 13.3. The number of aromatic nitrogens is 2. The molecule has 4 heteroatoms. The predicted molar refractivity (Wildman–Crippen MR) is 77.9 cm³/mol. The Morgan fingerprint density at radius 2 is 1.90 bits per heavy atom. The largest absolute Gasteiger partial charge is 0.324 e. The first kappa shape index (κ1) is 12.8. The highest BCUT2D eigenvalue weighted by Crippen LogP contribution is 2.19. The molecule has 2 aromatic carbocycles. The van der Waals surface area contributed by atoms with E-state index in [1.54, 1.807) is 6.07 Å². The Balaban J connectivity index is 2.07. The molecule has 1 heterocycles. The molecular weight excluding hydrogens is 253 g/mol. The summed E-state index contributed by atoms with van der Waals surface area (Å²) < 4.78 is 15.3. The van der Waals surface area contributed by atoms with Gasteiger partial charge in [-0.2, -0.15) is 0 Å². The lowest BCUT2D eigenvalue weighted by Crippen LogP contribution is -2.09. The van der Waals surface area contributed by atoms with Crippen LogP contribution in [0.3, 0.4) is 0 Å². The number of hydrogen-bond donors (Lipinski definition) is 1. The van der Waals surface area contributed by atoms with Crippen molar-refractivity contribution in [2.24, 2.45) is 5.73 Å². The van der Waals surface area contributed by atoms with Gasteiger partial charge in [0.2, 0.25) is 0 Å². The van der Waals surface area contributed by atoms with Gasteiger partial charge in [-0.3, -0.25) is 0 Å². The highest BCUT2D eigenvalue weighted by atomic mass is 19.1. The van der Waals surface area contributed by atoms with Crippen molar-refractivity contribution in [3.8, 4) is 0 Å². The van der Waals surface area contributed by atoms with Crippen LogP contribution in [0.4, 0.5) is 4.39 Å². The number of halogens is 1. The van der Waals surface area contributed by atoms with Gasteiger partial charge in [-0.05, 0) is 24.6 Å². The third-order valence-electron chi connectivity index (χ3n) is 3.43. The fourth-order valence-electron chi connectivity index (χ4n) is 2.36. The Hall–Kier alpha value is -2.20. The molecule has 3 nitrogen and oxygen atoms in total. The first-order valence-electron chi connectivity index (χ1n) is 6.57. The summed E-state index contributed by atoms with van der Waals surface area (Å²) in [5.74, 6) is 0.493. The summed E-state index contributed by atoms with van der Waals surface area (Å²) in [7, 11) is 0. The Morgan fingerprint density at radius 1 is 1.15 bits per heavy atom. The number of imidazole rings is 1. The van der Waals surface area contributed by atoms with E-state index >= 15 is 0 Å². The summed E-state index contributed by atoms with van der Waals surface area (Å²) in [4.78, 5) is 4.40. The van der Waals surface area contributed by atoms with E-state index in [1.165, 1.54) is 23.3 Å². The van der Waals surface area contributed by atoms with Crippen molar-refractivity contribution in [3.63, 3.8) is 0 Å². The first-order chi connectivity index (χ1) is 9.67. The van der Waals surface area contributed by atoms with Crippen molar-refractivity contribution in [1.29, 1.82) is 0 Å². The zero-order valence-electron chi connectivity index (χ0n) is 11.3. The first-order valence-corrected chi connectivity index (χ1v) is 6.57. The van der Waals surface area contributed by atoms with Gasteiger partial charge in [-0.1, -0.05) is 29.8 Å². The molecule has 3 aromatic rings. The number of aryl methyl sites for hydroxylation is 1. The molecule has 0 atom stereocenters. The normalized spacial score (nSPS) is 11.2. The Bertz CT molecular complexity index is 744. The smallest absolute Gasteiger partial charge is 0.125 e. The minimum atomic E-state index is -0.277. The second kappa shape index (κ2) is 5.06. The van der Waals surface area contributed by atoms with Crippen LogP contribution >= 0.6 is 0 Å². The second-order valence-electron chi connectivity index (χ2n) is 4.94. The highest BCUT2D eigenvalue weighted by Gasteiger charge is 2.10. The molecule has 0 saturated carbocycles. The molecule has 0 amide bonds. The predicted octanol–water partition coefficient (Wildman–Crippen LogP) is 2.99. The van der Waals surface area contributed by atoms with Crippen LogP contribution in [0, 0.1) is 12.7 Å². The van der Waals surface area contributed by atoms with E-state index in [0.717, 1.165) is 11.3 Å². The Labute approximate surface area is 116 Å². The molecule has 0 bridgehead atoms. The molecule has 1 aromatic heterocycles. The summed E-state index contributed by atoms with van der Waals surface area (Å²) in [6, 6.07) is 13.0. The van der Waals surface area contributed by atoms with Gasteiger partial charge in [0.15, 0.2) is 0 Å². The SMILES string of the molecule is Cc1ccc(Cn2c(CN)nc3cc(F)ccc32)cc1. The number of nitrogens with two attached hydrogens (primary N) is 1. The van der Waals surface area contributed by atoms with Crippen LogP contribution in [0.15, 0.2) is 42.5 Å². The van der Waals surface area contributed by atoms with Gasteiger partial charge < -0.3 is 10.3 Å². The van der Waals surface area contributed by atoms with Gasteiger partial charge in [0.05, 0.1) is 17.6 Å². The molecule has 0 fully saturated rings. The molecule has 0 aliphatic carbocycles. The van der Waals surface area contributed by atoms with Gasteiger partial charge >= 0.3 is 0 Å². The lowest BCUT2D eigenvalue weighted by molar-refractivity contribution is 0.629. The van der Waals surface area contributed by atoms with Crippen LogP contribution in [0.5, 0.6) is 0 Å². The molecule has 20 heavy (non-hydrogen) atoms. The standard InChI is InChI=1S/C16H16FN3/c1-11-2-4-12(5-3-11)10-20-15-7-6-13(17)8-14(15)19-16(20)9-18/h2-8H,9-10,18H2,1H3. The summed E-state index contributed by atoms with van der Waals surface area (Å²) in [5.41, 5.74) is 9.72. The molecule has 0 spiro atoms. The van der Waals surface area contributed by atoms with E-state index in [0.29, 0.717) is 18.6 Å². The lowest BCUT2D eigenvalue weighted by atomic mass is 10.1. The van der Waals surface area contributed by atoms with Gasteiger partial charge in [0.25, 0.3) is 0 Å². The molecule has 0 saturated heterocycles. The van der Waals surface area contributed by atoms with Crippen LogP contribution in [0.1, 0.15) is 17.0 Å². The Kier molecular flexibility index (Phi) is 3.24. The molecule has 0 unspecified atom stereocenters. The lowest BCUT2D eigenvalue weighted by Gasteiger charge is -2.08. The summed E-state index contributed by atoms with van der Waals surface area (Å²) in [6.45, 7) is 3.08. The fourth-order valence-corrected chi connectivity index (χ4v) is 2.36. The van der Waals surface area contributed by atoms with Crippen LogP contribution < -0.4 is 5.73 Å². The summed E-state index contributed by atoms with van der Waals surface area (Å²) in [5, 5.41) is 0. The molecule has 0 aliphatic heterocycles. The van der Waals surface area contributed by atoms with Crippen LogP contribution in [0.25, 0.3) is 11.0 Å². The minimum Gasteiger partial charge on any atom is -0.324 e. The average Bonchev–Trinajstić information content (AvgIpc) is 2.78. The van der Waals surface area contributed by atoms with Crippen molar-refractivity contribution in [2.45, 2.75) is 20.0 Å². The topological polar surface area (TPSA) is 43.8 Å². The Morgan fingerprint density at radius 3 is 2.60 bits per heavy atom. The summed E-state index contributed by atoms with van der Waals surface area (Å²) >= 11 is 0. The van der Waals surface area contributed by atoms with E-state index in [-0.39, 0.29) is 5.82 Å². The van der Waals surface area contributed by atoms with Gasteiger partial charge in [0.1, 0.15) is 11.6 Å². The maximum Gasteiger partial charge on any atom is 0.125 e. The monoisotopic (exact) mass is 269 g/mol. The number of rotatable bonds is 3. The van der Waals surface area contributed by atoms with Crippen molar-refractivity contribution >= 4 is 11.0 Å². The summed E-state index contributed by atoms with van der Waals surface area (Å²) in [6.07, 6.45) is 0. The number of benzene rings is 2. The van der Waals surface area contributed by atoms with E-state index in [9.17, 15) is 4.39 Å². The van der Waals surface area contributed by atoms with Crippen LogP contribution in [-0.2, 0) is 13.1 Å². The average molecular weight is 269 g/mol. The third-order valence-corrected chi connectivity index (χ3v) is 3.43. The molecule has 0 aliphatic rings. The fraction of sp³-hybridized carbons (Fsp3) is 0.188. The van der Waals surface area contributed by atoms with Crippen LogP contribution in [-0.4, -0.2) is 9.55 Å². The van der Waals surface area contributed by atoms with Crippen molar-refractivity contribution < 1.29 is 4.39 Å². The van der Waals surface area contributed by atoms with Crippen molar-refractivity contribution in [1.82, 2.24) is 9.55 Å². The molecule has 0 radical (unpaired) electrons. The minimum absolute atomic E-state index is 0.277. The second-order valence-corrected chi connectivity index (χ2v) is 4.94. The van der Waals surface area contributed by atoms with Gasteiger partial charge in [-0.25, -0.2) is 9.37 Å². The van der Waals surface area contributed by atoms with Crippen molar-refractivity contribution in [2.75, 3.05) is 0 Å². The van der Waals surface area contributed by atoms with E-state index in [1.807, 2.05) is 4.57 Å². The van der Waals surface area contributed by atoms with Gasteiger partial charge in [0, 0.05) is 12.6 Å². The van der Waals surface area contributed by atoms with E-state index in [2.05, 4.69) is 36.2 Å². The number of nitrogens with zero attached hydrogens (tertiary/aromatic N) is 2. The quantitative estimate of drug-likeness (QED) is 0.794. The molecule has 2 N–H and O–H groups in total. The third kappa shape index (κ3) is 2.30. The maximum atomic E-state index is 13.3.